The van der Waals surface area contributed by atoms with Crippen molar-refractivity contribution < 1.29 is 0 Å². The molecule has 0 bridgehead atoms. The molecule has 0 saturated heterocycles. The van der Waals surface area contributed by atoms with E-state index < -0.39 is 0 Å². The summed E-state index contributed by atoms with van der Waals surface area (Å²) >= 11 is 0. The SMILES string of the molecule is C=Cc1ccc2ccc(C=C)cc2c1. The molecule has 0 amide bonds. The highest BCUT2D eigenvalue weighted by atomic mass is 14.0. The van der Waals surface area contributed by atoms with Crippen LogP contribution in [0, 0.1) is 0 Å². The van der Waals surface area contributed by atoms with Crippen LogP contribution in [-0.4, -0.2) is 0 Å². The normalized spacial score (nSPS) is 10.0. The number of rotatable bonds is 2. The van der Waals surface area contributed by atoms with Gasteiger partial charge in [0.2, 0.25) is 0 Å². The maximum absolute atomic E-state index is 3.76. The second kappa shape index (κ2) is 3.51. The van der Waals surface area contributed by atoms with E-state index in [-0.39, 0.29) is 0 Å². The Balaban J connectivity index is 2.71. The molecule has 0 aliphatic heterocycles. The van der Waals surface area contributed by atoms with E-state index in [1.54, 1.807) is 0 Å². The number of hydrogen-bond donors (Lipinski definition) is 0. The molecule has 0 radical (unpaired) electrons. The van der Waals surface area contributed by atoms with Gasteiger partial charge in [0.15, 0.2) is 0 Å². The Morgan fingerprint density at radius 2 is 1.21 bits per heavy atom. The van der Waals surface area contributed by atoms with E-state index >= 15 is 0 Å². The molecule has 0 N–H and O–H groups in total. The van der Waals surface area contributed by atoms with Crippen LogP contribution in [0.1, 0.15) is 11.1 Å². The molecule has 0 fully saturated rings. The van der Waals surface area contributed by atoms with Gasteiger partial charge in [0.1, 0.15) is 0 Å². The topological polar surface area (TPSA) is 0 Å². The van der Waals surface area contributed by atoms with Crippen LogP contribution in [0.3, 0.4) is 0 Å². The van der Waals surface area contributed by atoms with E-state index in [1.165, 1.54) is 10.8 Å². The summed E-state index contributed by atoms with van der Waals surface area (Å²) in [5, 5.41) is 2.49. The van der Waals surface area contributed by atoms with Gasteiger partial charge >= 0.3 is 0 Å². The van der Waals surface area contributed by atoms with Crippen molar-refractivity contribution in [3.8, 4) is 0 Å². The van der Waals surface area contributed by atoms with Crippen LogP contribution in [0.15, 0.2) is 49.6 Å². The van der Waals surface area contributed by atoms with E-state index in [2.05, 4.69) is 49.6 Å². The summed E-state index contributed by atoms with van der Waals surface area (Å²) in [6, 6.07) is 12.6. The molecule has 0 nitrogen and oxygen atoms in total. The first-order valence-corrected chi connectivity index (χ1v) is 4.62. The fraction of sp³-hybridized carbons (Fsp3) is 0. The van der Waals surface area contributed by atoms with E-state index in [4.69, 9.17) is 0 Å². The van der Waals surface area contributed by atoms with Crippen molar-refractivity contribution in [3.63, 3.8) is 0 Å². The number of fused-ring (bicyclic) bond motifs is 1. The minimum Gasteiger partial charge on any atom is -0.0985 e. The van der Waals surface area contributed by atoms with Crippen LogP contribution in [-0.2, 0) is 0 Å². The van der Waals surface area contributed by atoms with Crippen molar-refractivity contribution in [2.75, 3.05) is 0 Å². The largest absolute Gasteiger partial charge is 0.0985 e. The summed E-state index contributed by atoms with van der Waals surface area (Å²) in [5.74, 6) is 0. The molecule has 14 heavy (non-hydrogen) atoms. The van der Waals surface area contributed by atoms with Gasteiger partial charge in [-0.1, -0.05) is 49.6 Å². The molecule has 68 valence electrons. The van der Waals surface area contributed by atoms with Crippen molar-refractivity contribution in [3.05, 3.63) is 60.7 Å². The molecule has 0 heterocycles. The van der Waals surface area contributed by atoms with Crippen LogP contribution in [0.2, 0.25) is 0 Å². The van der Waals surface area contributed by atoms with E-state index in [0.717, 1.165) is 11.1 Å². The molecule has 0 aliphatic rings. The zero-order chi connectivity index (χ0) is 9.97. The number of benzene rings is 2. The van der Waals surface area contributed by atoms with E-state index in [1.807, 2.05) is 12.2 Å². The van der Waals surface area contributed by atoms with Crippen LogP contribution in [0.4, 0.5) is 0 Å². The lowest BCUT2D eigenvalue weighted by Crippen LogP contribution is -1.77. The highest BCUT2D eigenvalue weighted by Crippen LogP contribution is 2.18. The molecule has 2 rings (SSSR count). The van der Waals surface area contributed by atoms with Gasteiger partial charge < -0.3 is 0 Å². The second-order valence-corrected chi connectivity index (χ2v) is 3.27. The Labute approximate surface area is 84.2 Å². The zero-order valence-corrected chi connectivity index (χ0v) is 8.03. The first kappa shape index (κ1) is 8.76. The standard InChI is InChI=1S/C14H12/c1-3-11-5-7-13-8-6-12(4-2)10-14(13)9-11/h3-10H,1-2H2. The van der Waals surface area contributed by atoms with Crippen molar-refractivity contribution in [1.82, 2.24) is 0 Å². The maximum atomic E-state index is 3.76. The second-order valence-electron chi connectivity index (χ2n) is 3.27. The monoisotopic (exact) mass is 180 g/mol. The number of hydrogen-bond acceptors (Lipinski definition) is 0. The quantitative estimate of drug-likeness (QED) is 0.652. The van der Waals surface area contributed by atoms with E-state index in [9.17, 15) is 0 Å². The van der Waals surface area contributed by atoms with E-state index in [0.29, 0.717) is 0 Å². The van der Waals surface area contributed by atoms with Crippen molar-refractivity contribution in [2.45, 2.75) is 0 Å². The highest BCUT2D eigenvalue weighted by molar-refractivity contribution is 5.86. The van der Waals surface area contributed by atoms with Crippen LogP contribution < -0.4 is 0 Å². The van der Waals surface area contributed by atoms with Crippen molar-refractivity contribution in [2.24, 2.45) is 0 Å². The molecule has 0 spiro atoms. The summed E-state index contributed by atoms with van der Waals surface area (Å²) in [5.41, 5.74) is 2.30. The first-order chi connectivity index (χ1) is 6.83. The third-order valence-electron chi connectivity index (χ3n) is 2.36. The van der Waals surface area contributed by atoms with Gasteiger partial charge in [-0.25, -0.2) is 0 Å². The van der Waals surface area contributed by atoms with Gasteiger partial charge in [-0.15, -0.1) is 0 Å². The lowest BCUT2D eigenvalue weighted by Gasteiger charge is -2.01. The smallest absolute Gasteiger partial charge is 0.0172 e. The van der Waals surface area contributed by atoms with Gasteiger partial charge in [-0.2, -0.15) is 0 Å². The molecule has 0 atom stereocenters. The van der Waals surface area contributed by atoms with Crippen molar-refractivity contribution >= 4 is 22.9 Å². The fourth-order valence-corrected chi connectivity index (χ4v) is 1.54. The Bertz CT molecular complexity index is 450. The predicted octanol–water partition coefficient (Wildman–Crippen LogP) is 4.13. The third-order valence-corrected chi connectivity index (χ3v) is 2.36. The Morgan fingerprint density at radius 3 is 1.64 bits per heavy atom. The molecule has 0 unspecified atom stereocenters. The summed E-state index contributed by atoms with van der Waals surface area (Å²) in [6.45, 7) is 7.52. The lowest BCUT2D eigenvalue weighted by molar-refractivity contribution is 1.69. The average Bonchev–Trinajstić information content (AvgIpc) is 2.27. The Morgan fingerprint density at radius 1 is 0.714 bits per heavy atom. The minimum absolute atomic E-state index is 1.15. The summed E-state index contributed by atoms with van der Waals surface area (Å²) < 4.78 is 0. The summed E-state index contributed by atoms with van der Waals surface area (Å²) in [4.78, 5) is 0. The molecule has 0 aromatic heterocycles. The Kier molecular flexibility index (Phi) is 2.19. The average molecular weight is 180 g/mol. The predicted molar refractivity (Wildman–Crippen MR) is 64.1 cm³/mol. The van der Waals surface area contributed by atoms with Crippen LogP contribution in [0.25, 0.3) is 22.9 Å². The highest BCUT2D eigenvalue weighted by Gasteiger charge is 1.94. The fourth-order valence-electron chi connectivity index (χ4n) is 1.54. The Hall–Kier alpha value is -1.82. The molecule has 0 heteroatoms. The summed E-state index contributed by atoms with van der Waals surface area (Å²) in [6.07, 6.45) is 3.72. The van der Waals surface area contributed by atoms with Crippen LogP contribution >= 0.6 is 0 Å². The van der Waals surface area contributed by atoms with Gasteiger partial charge in [0.05, 0.1) is 0 Å². The van der Waals surface area contributed by atoms with Crippen molar-refractivity contribution in [1.29, 1.82) is 0 Å². The third kappa shape index (κ3) is 1.47. The van der Waals surface area contributed by atoms with Gasteiger partial charge in [0, 0.05) is 0 Å². The molecular weight excluding hydrogens is 168 g/mol. The van der Waals surface area contributed by atoms with Gasteiger partial charge in [-0.3, -0.25) is 0 Å². The molecule has 0 aliphatic carbocycles. The molecule has 2 aromatic rings. The minimum atomic E-state index is 1.15. The lowest BCUT2D eigenvalue weighted by atomic mass is 10.0. The molecular formula is C14H12. The maximum Gasteiger partial charge on any atom is -0.0172 e. The van der Waals surface area contributed by atoms with Crippen LogP contribution in [0.5, 0.6) is 0 Å². The van der Waals surface area contributed by atoms with Gasteiger partial charge in [-0.05, 0) is 34.0 Å². The summed E-state index contributed by atoms with van der Waals surface area (Å²) in [7, 11) is 0. The molecule has 2 aromatic carbocycles. The zero-order valence-electron chi connectivity index (χ0n) is 8.03. The molecule has 0 saturated carbocycles. The van der Waals surface area contributed by atoms with Gasteiger partial charge in [0.25, 0.3) is 0 Å². The first-order valence-electron chi connectivity index (χ1n) is 4.62.